The third-order valence-electron chi connectivity index (χ3n) is 1.87. The molecule has 0 fully saturated rings. The van der Waals surface area contributed by atoms with Crippen molar-refractivity contribution in [1.29, 1.82) is 0 Å². The zero-order chi connectivity index (χ0) is 9.68. The summed E-state index contributed by atoms with van der Waals surface area (Å²) < 4.78 is 5.33. The molecule has 0 amide bonds. The van der Waals surface area contributed by atoms with Gasteiger partial charge < -0.3 is 4.74 Å². The summed E-state index contributed by atoms with van der Waals surface area (Å²) in [6.07, 6.45) is 1.11. The van der Waals surface area contributed by atoms with Crippen molar-refractivity contribution in [3.05, 3.63) is 22.4 Å². The molecular weight excluding hydrogens is 184 g/mol. The second-order valence-electron chi connectivity index (χ2n) is 2.93. The molecule has 0 saturated heterocycles. The van der Waals surface area contributed by atoms with Gasteiger partial charge in [0.2, 0.25) is 0 Å². The zero-order valence-corrected chi connectivity index (χ0v) is 8.76. The van der Waals surface area contributed by atoms with Crippen LogP contribution in [0.25, 0.3) is 0 Å². The van der Waals surface area contributed by atoms with Gasteiger partial charge in [-0.25, -0.2) is 0 Å². The van der Waals surface area contributed by atoms with Gasteiger partial charge in [-0.1, -0.05) is 13.0 Å². The van der Waals surface area contributed by atoms with E-state index in [2.05, 4.69) is 0 Å². The lowest BCUT2D eigenvalue weighted by atomic mass is 10.3. The van der Waals surface area contributed by atoms with Crippen molar-refractivity contribution in [2.24, 2.45) is 0 Å². The van der Waals surface area contributed by atoms with Crippen molar-refractivity contribution in [3.63, 3.8) is 0 Å². The van der Waals surface area contributed by atoms with E-state index in [9.17, 15) is 4.79 Å². The van der Waals surface area contributed by atoms with Crippen molar-refractivity contribution >= 4 is 17.1 Å². The zero-order valence-electron chi connectivity index (χ0n) is 7.95. The van der Waals surface area contributed by atoms with E-state index in [1.165, 1.54) is 11.3 Å². The molecule has 0 spiro atoms. The van der Waals surface area contributed by atoms with Gasteiger partial charge in [0.1, 0.15) is 6.61 Å². The van der Waals surface area contributed by atoms with E-state index in [4.69, 9.17) is 4.74 Å². The largest absolute Gasteiger partial charge is 0.370 e. The van der Waals surface area contributed by atoms with E-state index in [0.29, 0.717) is 0 Å². The van der Waals surface area contributed by atoms with Gasteiger partial charge in [0.25, 0.3) is 0 Å². The molecule has 0 N–H and O–H groups in total. The number of thiophene rings is 1. The van der Waals surface area contributed by atoms with Crippen LogP contribution >= 0.6 is 11.3 Å². The van der Waals surface area contributed by atoms with Crippen LogP contribution in [0.5, 0.6) is 0 Å². The van der Waals surface area contributed by atoms with E-state index in [1.54, 1.807) is 0 Å². The molecule has 0 aliphatic heterocycles. The molecule has 1 aromatic rings. The van der Waals surface area contributed by atoms with E-state index < -0.39 is 0 Å². The topological polar surface area (TPSA) is 26.3 Å². The Bertz CT molecular complexity index is 254. The first-order chi connectivity index (χ1) is 6.24. The third-order valence-corrected chi connectivity index (χ3v) is 2.78. The van der Waals surface area contributed by atoms with E-state index in [-0.39, 0.29) is 18.5 Å². The van der Waals surface area contributed by atoms with Crippen molar-refractivity contribution in [1.82, 2.24) is 0 Å². The molecule has 1 aromatic heterocycles. The Labute approximate surface area is 82.5 Å². The van der Waals surface area contributed by atoms with Crippen molar-refractivity contribution in [3.8, 4) is 0 Å². The number of ether oxygens (including phenoxy) is 1. The summed E-state index contributed by atoms with van der Waals surface area (Å²) in [5.41, 5.74) is 0. The van der Waals surface area contributed by atoms with Gasteiger partial charge in [-0.3, -0.25) is 4.79 Å². The Kier molecular flexibility index (Phi) is 4.12. The predicted molar refractivity (Wildman–Crippen MR) is 54.4 cm³/mol. The monoisotopic (exact) mass is 198 g/mol. The van der Waals surface area contributed by atoms with Gasteiger partial charge in [0.05, 0.1) is 11.0 Å². The Morgan fingerprint density at radius 2 is 2.46 bits per heavy atom. The summed E-state index contributed by atoms with van der Waals surface area (Å²) in [6.45, 7) is 4.22. The van der Waals surface area contributed by atoms with Gasteiger partial charge in [-0.2, -0.15) is 0 Å². The first-order valence-corrected chi connectivity index (χ1v) is 5.30. The average Bonchev–Trinajstić information content (AvgIpc) is 2.66. The number of rotatable bonds is 5. The van der Waals surface area contributed by atoms with Gasteiger partial charge in [-0.15, -0.1) is 11.3 Å². The van der Waals surface area contributed by atoms with Crippen LogP contribution in [0.2, 0.25) is 0 Å². The van der Waals surface area contributed by atoms with Crippen LogP contribution in [-0.2, 0) is 4.74 Å². The van der Waals surface area contributed by atoms with Crippen LogP contribution in [0, 0.1) is 0 Å². The third kappa shape index (κ3) is 3.28. The fraction of sp³-hybridized carbons (Fsp3) is 0.500. The molecule has 0 saturated carbocycles. The molecule has 72 valence electrons. The molecule has 0 aliphatic carbocycles. The Morgan fingerprint density at radius 3 is 3.00 bits per heavy atom. The summed E-state index contributed by atoms with van der Waals surface area (Å²) in [4.78, 5) is 12.2. The molecule has 0 aromatic carbocycles. The first kappa shape index (κ1) is 10.4. The molecule has 3 heteroatoms. The lowest BCUT2D eigenvalue weighted by Crippen LogP contribution is -2.14. The minimum atomic E-state index is 0.0790. The molecule has 13 heavy (non-hydrogen) atoms. The maximum atomic E-state index is 11.4. The summed E-state index contributed by atoms with van der Waals surface area (Å²) in [6, 6.07) is 3.70. The van der Waals surface area contributed by atoms with E-state index >= 15 is 0 Å². The molecular formula is C10H14O2S. The van der Waals surface area contributed by atoms with Gasteiger partial charge in [0.15, 0.2) is 5.78 Å². The quantitative estimate of drug-likeness (QED) is 0.680. The first-order valence-electron chi connectivity index (χ1n) is 4.42. The number of Topliss-reactive ketones (excluding diaryl/α,β-unsaturated/α-hetero) is 1. The summed E-state index contributed by atoms with van der Waals surface area (Å²) >= 11 is 1.46. The molecule has 0 radical (unpaired) electrons. The fourth-order valence-electron chi connectivity index (χ4n) is 0.844. The highest BCUT2D eigenvalue weighted by Crippen LogP contribution is 2.10. The minimum Gasteiger partial charge on any atom is -0.370 e. The molecule has 1 unspecified atom stereocenters. The van der Waals surface area contributed by atoms with E-state index in [0.717, 1.165) is 11.3 Å². The number of ketones is 1. The number of carbonyl (C=O) groups excluding carboxylic acids is 1. The standard InChI is InChI=1S/C10H14O2S/c1-3-8(2)12-7-9(11)10-5-4-6-13-10/h4-6,8H,3,7H2,1-2H3. The second-order valence-corrected chi connectivity index (χ2v) is 3.88. The highest BCUT2D eigenvalue weighted by Gasteiger charge is 2.08. The Morgan fingerprint density at radius 1 is 1.69 bits per heavy atom. The lowest BCUT2D eigenvalue weighted by Gasteiger charge is -2.08. The lowest BCUT2D eigenvalue weighted by molar-refractivity contribution is 0.0514. The SMILES string of the molecule is CCC(C)OCC(=O)c1cccs1. The molecule has 1 heterocycles. The molecule has 1 rings (SSSR count). The van der Waals surface area contributed by atoms with Crippen LogP contribution in [0.15, 0.2) is 17.5 Å². The maximum absolute atomic E-state index is 11.4. The van der Waals surface area contributed by atoms with Gasteiger partial charge in [-0.05, 0) is 24.8 Å². The Hall–Kier alpha value is -0.670. The summed E-state index contributed by atoms with van der Waals surface area (Å²) in [5.74, 6) is 0.0790. The maximum Gasteiger partial charge on any atom is 0.198 e. The van der Waals surface area contributed by atoms with Crippen molar-refractivity contribution in [2.75, 3.05) is 6.61 Å². The Balaban J connectivity index is 2.35. The van der Waals surface area contributed by atoms with Crippen LogP contribution < -0.4 is 0 Å². The van der Waals surface area contributed by atoms with Gasteiger partial charge >= 0.3 is 0 Å². The normalized spacial score (nSPS) is 12.8. The van der Waals surface area contributed by atoms with Crippen molar-refractivity contribution in [2.45, 2.75) is 26.4 Å². The smallest absolute Gasteiger partial charge is 0.198 e. The van der Waals surface area contributed by atoms with Crippen LogP contribution in [0.4, 0.5) is 0 Å². The summed E-state index contributed by atoms with van der Waals surface area (Å²) in [7, 11) is 0. The number of hydrogen-bond donors (Lipinski definition) is 0. The average molecular weight is 198 g/mol. The van der Waals surface area contributed by atoms with Crippen molar-refractivity contribution < 1.29 is 9.53 Å². The molecule has 0 aliphatic rings. The molecule has 1 atom stereocenters. The van der Waals surface area contributed by atoms with E-state index in [1.807, 2.05) is 31.4 Å². The minimum absolute atomic E-state index is 0.0790. The predicted octanol–water partition coefficient (Wildman–Crippen LogP) is 2.75. The molecule has 0 bridgehead atoms. The highest BCUT2D eigenvalue weighted by atomic mass is 32.1. The van der Waals surface area contributed by atoms with Crippen LogP contribution in [-0.4, -0.2) is 18.5 Å². The second kappa shape index (κ2) is 5.14. The summed E-state index contributed by atoms with van der Waals surface area (Å²) in [5, 5.41) is 1.90. The van der Waals surface area contributed by atoms with Crippen LogP contribution in [0.3, 0.4) is 0 Å². The fourth-order valence-corrected chi connectivity index (χ4v) is 1.50. The molecule has 2 nitrogen and oxygen atoms in total. The van der Waals surface area contributed by atoms with Crippen LogP contribution in [0.1, 0.15) is 29.9 Å². The number of carbonyl (C=O) groups is 1. The van der Waals surface area contributed by atoms with Gasteiger partial charge in [0, 0.05) is 0 Å². The highest BCUT2D eigenvalue weighted by molar-refractivity contribution is 7.12. The number of hydrogen-bond acceptors (Lipinski definition) is 3.